The Balaban J connectivity index is 2.56. The molecule has 6 heteroatoms. The molecule has 1 heterocycles. The van der Waals surface area contributed by atoms with E-state index < -0.39 is 17.8 Å². The molecule has 0 aliphatic rings. The van der Waals surface area contributed by atoms with Gasteiger partial charge in [-0.3, -0.25) is 0 Å². The highest BCUT2D eigenvalue weighted by atomic mass is 35.5. The molecule has 0 aliphatic heterocycles. The number of hydrogen-bond acceptors (Lipinski definition) is 2. The lowest BCUT2D eigenvalue weighted by atomic mass is 9.98. The van der Waals surface area contributed by atoms with Crippen molar-refractivity contribution < 1.29 is 13.2 Å². The van der Waals surface area contributed by atoms with Crippen LogP contribution in [-0.4, -0.2) is 7.05 Å². The lowest BCUT2D eigenvalue weighted by molar-refractivity contribution is -0.138. The van der Waals surface area contributed by atoms with E-state index in [9.17, 15) is 13.2 Å². The summed E-state index contributed by atoms with van der Waals surface area (Å²) in [7, 11) is 1.63. The molecule has 1 atom stereocenters. The summed E-state index contributed by atoms with van der Waals surface area (Å²) in [4.78, 5) is 0.698. The fourth-order valence-electron chi connectivity index (χ4n) is 2.08. The number of rotatable bonds is 3. The molecule has 0 bridgehead atoms. The standard InChI is InChI=1S/C14H13ClF3NS/c1-8-7-20-13(11(8)15)12(19-2)9-5-3-4-6-10(9)14(16,17)18/h3-7,12,19H,1-2H3. The topological polar surface area (TPSA) is 12.0 Å². The Morgan fingerprint density at radius 2 is 1.90 bits per heavy atom. The van der Waals surface area contributed by atoms with Crippen LogP contribution < -0.4 is 5.32 Å². The number of benzene rings is 1. The molecule has 0 saturated carbocycles. The van der Waals surface area contributed by atoms with E-state index in [1.165, 1.54) is 23.5 Å². The van der Waals surface area contributed by atoms with E-state index in [4.69, 9.17) is 11.6 Å². The van der Waals surface area contributed by atoms with Crippen LogP contribution in [0, 0.1) is 6.92 Å². The number of nitrogens with one attached hydrogen (secondary N) is 1. The Morgan fingerprint density at radius 3 is 2.40 bits per heavy atom. The van der Waals surface area contributed by atoms with E-state index in [2.05, 4.69) is 5.32 Å². The predicted octanol–water partition coefficient (Wildman–Crippen LogP) is 5.04. The van der Waals surface area contributed by atoms with Crippen molar-refractivity contribution in [2.24, 2.45) is 0 Å². The van der Waals surface area contributed by atoms with Gasteiger partial charge in [-0.15, -0.1) is 11.3 Å². The quantitative estimate of drug-likeness (QED) is 0.836. The summed E-state index contributed by atoms with van der Waals surface area (Å²) in [5.74, 6) is 0. The summed E-state index contributed by atoms with van der Waals surface area (Å²) in [6, 6.07) is 4.99. The third-order valence-electron chi connectivity index (χ3n) is 3.05. The number of thiophene rings is 1. The summed E-state index contributed by atoms with van der Waals surface area (Å²) in [6.45, 7) is 1.84. The highest BCUT2D eigenvalue weighted by Gasteiger charge is 2.35. The smallest absolute Gasteiger partial charge is 0.309 e. The van der Waals surface area contributed by atoms with Gasteiger partial charge in [0, 0.05) is 4.88 Å². The van der Waals surface area contributed by atoms with Gasteiger partial charge in [-0.2, -0.15) is 13.2 Å². The zero-order valence-corrected chi connectivity index (χ0v) is 12.5. The first kappa shape index (κ1) is 15.4. The van der Waals surface area contributed by atoms with E-state index in [-0.39, 0.29) is 5.56 Å². The van der Waals surface area contributed by atoms with Gasteiger partial charge in [0.2, 0.25) is 0 Å². The van der Waals surface area contributed by atoms with Gasteiger partial charge in [0.15, 0.2) is 0 Å². The van der Waals surface area contributed by atoms with Crippen LogP contribution in [-0.2, 0) is 6.18 Å². The minimum atomic E-state index is -4.38. The van der Waals surface area contributed by atoms with Gasteiger partial charge in [-0.1, -0.05) is 29.8 Å². The predicted molar refractivity (Wildman–Crippen MR) is 76.4 cm³/mol. The van der Waals surface area contributed by atoms with Crippen molar-refractivity contribution in [1.82, 2.24) is 5.32 Å². The van der Waals surface area contributed by atoms with E-state index in [1.807, 2.05) is 12.3 Å². The van der Waals surface area contributed by atoms with Crippen molar-refractivity contribution in [1.29, 1.82) is 0 Å². The van der Waals surface area contributed by atoms with Gasteiger partial charge in [0.05, 0.1) is 16.6 Å². The first-order valence-corrected chi connectivity index (χ1v) is 7.19. The molecule has 1 unspecified atom stereocenters. The molecule has 1 nitrogen and oxygen atoms in total. The lowest BCUT2D eigenvalue weighted by Gasteiger charge is -2.21. The summed E-state index contributed by atoms with van der Waals surface area (Å²) in [6.07, 6.45) is -4.38. The molecule has 1 N–H and O–H groups in total. The second-order valence-electron chi connectivity index (χ2n) is 4.40. The van der Waals surface area contributed by atoms with E-state index in [0.717, 1.165) is 11.6 Å². The van der Waals surface area contributed by atoms with Gasteiger partial charge in [0.25, 0.3) is 0 Å². The average Bonchev–Trinajstić information content (AvgIpc) is 2.72. The Bertz CT molecular complexity index is 607. The molecule has 0 fully saturated rings. The van der Waals surface area contributed by atoms with Crippen molar-refractivity contribution >= 4 is 22.9 Å². The third-order valence-corrected chi connectivity index (χ3v) is 4.83. The molecule has 0 aliphatic carbocycles. The van der Waals surface area contributed by atoms with Gasteiger partial charge >= 0.3 is 6.18 Å². The molecule has 2 aromatic rings. The Kier molecular flexibility index (Phi) is 4.42. The Hall–Kier alpha value is -1.04. The summed E-state index contributed by atoms with van der Waals surface area (Å²) < 4.78 is 39.3. The van der Waals surface area contributed by atoms with Crippen molar-refractivity contribution in [3.63, 3.8) is 0 Å². The van der Waals surface area contributed by atoms with Crippen molar-refractivity contribution in [3.05, 3.63) is 56.2 Å². The molecular weight excluding hydrogens is 307 g/mol. The molecule has 108 valence electrons. The summed E-state index contributed by atoms with van der Waals surface area (Å²) >= 11 is 7.55. The number of alkyl halides is 3. The van der Waals surface area contributed by atoms with Crippen molar-refractivity contribution in [3.8, 4) is 0 Å². The number of hydrogen-bond donors (Lipinski definition) is 1. The highest BCUT2D eigenvalue weighted by Crippen LogP contribution is 2.40. The molecule has 1 aromatic heterocycles. The van der Waals surface area contributed by atoms with Crippen molar-refractivity contribution in [2.45, 2.75) is 19.1 Å². The van der Waals surface area contributed by atoms with Crippen LogP contribution in [0.3, 0.4) is 0 Å². The maximum Gasteiger partial charge on any atom is 0.416 e. The molecule has 2 rings (SSSR count). The molecule has 0 radical (unpaired) electrons. The maximum absolute atomic E-state index is 13.1. The second-order valence-corrected chi connectivity index (χ2v) is 5.69. The van der Waals surface area contributed by atoms with Gasteiger partial charge in [-0.05, 0) is 36.5 Å². The first-order valence-electron chi connectivity index (χ1n) is 5.93. The van der Waals surface area contributed by atoms with Gasteiger partial charge in [-0.25, -0.2) is 0 Å². The number of aryl methyl sites for hydroxylation is 1. The Labute approximate surface area is 124 Å². The monoisotopic (exact) mass is 319 g/mol. The number of halogens is 4. The maximum atomic E-state index is 13.1. The lowest BCUT2D eigenvalue weighted by Crippen LogP contribution is -2.21. The van der Waals surface area contributed by atoms with E-state index >= 15 is 0 Å². The zero-order chi connectivity index (χ0) is 14.9. The second kappa shape index (κ2) is 5.76. The minimum Gasteiger partial charge on any atom is -0.309 e. The first-order chi connectivity index (χ1) is 9.36. The van der Waals surface area contributed by atoms with E-state index in [0.29, 0.717) is 9.90 Å². The molecule has 20 heavy (non-hydrogen) atoms. The highest BCUT2D eigenvalue weighted by molar-refractivity contribution is 7.10. The van der Waals surface area contributed by atoms with Crippen LogP contribution in [0.25, 0.3) is 0 Å². The van der Waals surface area contributed by atoms with Crippen molar-refractivity contribution in [2.75, 3.05) is 7.05 Å². The molecule has 0 spiro atoms. The SMILES string of the molecule is CNC(c1ccccc1C(F)(F)F)c1scc(C)c1Cl. The van der Waals surface area contributed by atoms with E-state index in [1.54, 1.807) is 13.1 Å². The largest absolute Gasteiger partial charge is 0.416 e. The fourth-order valence-corrected chi connectivity index (χ4v) is 3.51. The normalized spacial score (nSPS) is 13.5. The molecule has 0 amide bonds. The third kappa shape index (κ3) is 2.85. The average molecular weight is 320 g/mol. The van der Waals surface area contributed by atoms with Crippen LogP contribution in [0.1, 0.15) is 27.6 Å². The summed E-state index contributed by atoms with van der Waals surface area (Å²) in [5.41, 5.74) is 0.420. The summed E-state index contributed by atoms with van der Waals surface area (Å²) in [5, 5.41) is 5.29. The van der Waals surface area contributed by atoms with Crippen LogP contribution >= 0.6 is 22.9 Å². The fraction of sp³-hybridized carbons (Fsp3) is 0.286. The van der Waals surface area contributed by atoms with Crippen LogP contribution in [0.4, 0.5) is 13.2 Å². The van der Waals surface area contributed by atoms with Gasteiger partial charge < -0.3 is 5.32 Å². The Morgan fingerprint density at radius 1 is 1.25 bits per heavy atom. The van der Waals surface area contributed by atoms with Crippen LogP contribution in [0.2, 0.25) is 5.02 Å². The minimum absolute atomic E-state index is 0.186. The zero-order valence-electron chi connectivity index (χ0n) is 10.9. The van der Waals surface area contributed by atoms with Crippen LogP contribution in [0.5, 0.6) is 0 Å². The van der Waals surface area contributed by atoms with Crippen LogP contribution in [0.15, 0.2) is 29.6 Å². The molecule has 0 saturated heterocycles. The van der Waals surface area contributed by atoms with Gasteiger partial charge in [0.1, 0.15) is 0 Å². The molecular formula is C14H13ClF3NS. The molecule has 1 aromatic carbocycles.